The van der Waals surface area contributed by atoms with Crippen molar-refractivity contribution in [1.82, 2.24) is 15.1 Å². The lowest BCUT2D eigenvalue weighted by atomic mass is 9.81. The molecule has 2 N–H and O–H groups in total. The van der Waals surface area contributed by atoms with Crippen molar-refractivity contribution < 1.29 is 14.3 Å². The molecular formula is C18H26N4O3. The molecule has 2 aliphatic rings. The van der Waals surface area contributed by atoms with Crippen LogP contribution in [0.3, 0.4) is 0 Å². The van der Waals surface area contributed by atoms with E-state index in [9.17, 15) is 9.59 Å². The van der Waals surface area contributed by atoms with E-state index in [0.717, 1.165) is 5.69 Å². The first-order chi connectivity index (χ1) is 12.1. The quantitative estimate of drug-likeness (QED) is 0.815. The van der Waals surface area contributed by atoms with Gasteiger partial charge in [0.25, 0.3) is 0 Å². The Balaban J connectivity index is 1.68. The summed E-state index contributed by atoms with van der Waals surface area (Å²) in [7, 11) is 0. The molecule has 1 aromatic heterocycles. The number of nitrogens with zero attached hydrogens (tertiary/aromatic N) is 2. The lowest BCUT2D eigenvalue weighted by Crippen LogP contribution is -2.47. The maximum atomic E-state index is 12.8. The number of aromatic nitrogens is 2. The molecule has 0 bridgehead atoms. The van der Waals surface area contributed by atoms with Crippen LogP contribution in [-0.2, 0) is 14.3 Å². The van der Waals surface area contributed by atoms with Gasteiger partial charge in [-0.1, -0.05) is 26.0 Å². The van der Waals surface area contributed by atoms with Crippen molar-refractivity contribution in [3.63, 3.8) is 0 Å². The monoisotopic (exact) mass is 346 g/mol. The van der Waals surface area contributed by atoms with Crippen molar-refractivity contribution >= 4 is 17.6 Å². The molecule has 3 rings (SSSR count). The number of amides is 2. The molecule has 2 amide bonds. The number of hydrogen-bond acceptors (Lipinski definition) is 4. The Morgan fingerprint density at radius 2 is 1.92 bits per heavy atom. The predicted molar refractivity (Wildman–Crippen MR) is 94.1 cm³/mol. The highest BCUT2D eigenvalue weighted by molar-refractivity contribution is 5.95. The molecule has 25 heavy (non-hydrogen) atoms. The number of hydrogen-bond donors (Lipinski definition) is 2. The number of H-pyrrole nitrogens is 1. The summed E-state index contributed by atoms with van der Waals surface area (Å²) < 4.78 is 5.31. The van der Waals surface area contributed by atoms with Crippen LogP contribution in [-0.4, -0.2) is 53.2 Å². The maximum Gasteiger partial charge on any atom is 0.229 e. The van der Waals surface area contributed by atoms with E-state index < -0.39 is 0 Å². The molecule has 2 heterocycles. The molecule has 0 aromatic carbocycles. The van der Waals surface area contributed by atoms with E-state index in [1.165, 1.54) is 0 Å². The molecule has 1 saturated heterocycles. The number of morpholine rings is 1. The highest BCUT2D eigenvalue weighted by Gasteiger charge is 2.37. The lowest BCUT2D eigenvalue weighted by Gasteiger charge is -2.34. The summed E-state index contributed by atoms with van der Waals surface area (Å²) in [6.45, 7) is 6.45. The van der Waals surface area contributed by atoms with E-state index in [1.807, 2.05) is 23.1 Å². The molecule has 0 radical (unpaired) electrons. The zero-order valence-electron chi connectivity index (χ0n) is 14.8. The fourth-order valence-electron chi connectivity index (χ4n) is 3.31. The van der Waals surface area contributed by atoms with E-state index in [-0.39, 0.29) is 23.7 Å². The van der Waals surface area contributed by atoms with Gasteiger partial charge >= 0.3 is 0 Å². The Kier molecular flexibility index (Phi) is 5.53. The Bertz CT molecular complexity index is 647. The van der Waals surface area contributed by atoms with Gasteiger partial charge in [-0.3, -0.25) is 14.7 Å². The molecule has 1 fully saturated rings. The minimum atomic E-state index is -0.362. The number of nitrogens with one attached hydrogen (secondary N) is 2. The van der Waals surface area contributed by atoms with Crippen molar-refractivity contribution in [2.24, 2.45) is 11.8 Å². The van der Waals surface area contributed by atoms with Crippen LogP contribution >= 0.6 is 0 Å². The molecule has 1 aliphatic carbocycles. The van der Waals surface area contributed by atoms with Crippen molar-refractivity contribution in [2.75, 3.05) is 31.6 Å². The van der Waals surface area contributed by atoms with Crippen molar-refractivity contribution in [3.8, 4) is 0 Å². The number of carbonyl (C=O) groups is 2. The summed E-state index contributed by atoms with van der Waals surface area (Å²) in [6, 6.07) is 1.85. The average Bonchev–Trinajstić information content (AvgIpc) is 3.10. The van der Waals surface area contributed by atoms with Gasteiger partial charge in [0.15, 0.2) is 5.82 Å². The standard InChI is InChI=1S/C18H26N4O3/c1-12(2)15-11-16(21-20-15)19-17(23)13-5-3-4-6-14(13)18(24)22-7-9-25-10-8-22/h3-4,11-14H,5-10H2,1-2H3,(H2,19,20,21,23)/t13-,14+/m0/s1. The first kappa shape index (κ1) is 17.7. The Morgan fingerprint density at radius 1 is 1.24 bits per heavy atom. The zero-order valence-corrected chi connectivity index (χ0v) is 14.8. The fraction of sp³-hybridized carbons (Fsp3) is 0.611. The van der Waals surface area contributed by atoms with E-state index in [0.29, 0.717) is 50.9 Å². The first-order valence-corrected chi connectivity index (χ1v) is 8.94. The second-order valence-corrected chi connectivity index (χ2v) is 6.95. The number of allylic oxidation sites excluding steroid dienone is 2. The Labute approximate surface area is 147 Å². The van der Waals surface area contributed by atoms with Crippen LogP contribution in [0.2, 0.25) is 0 Å². The lowest BCUT2D eigenvalue weighted by molar-refractivity contribution is -0.144. The van der Waals surface area contributed by atoms with Crippen molar-refractivity contribution in [1.29, 1.82) is 0 Å². The molecule has 0 spiro atoms. The van der Waals surface area contributed by atoms with Gasteiger partial charge in [0.05, 0.1) is 25.0 Å². The van der Waals surface area contributed by atoms with Crippen LogP contribution in [0.4, 0.5) is 5.82 Å². The van der Waals surface area contributed by atoms with Gasteiger partial charge in [-0.25, -0.2) is 0 Å². The van der Waals surface area contributed by atoms with Crippen LogP contribution < -0.4 is 5.32 Å². The molecule has 2 atom stereocenters. The van der Waals surface area contributed by atoms with Crippen molar-refractivity contribution in [2.45, 2.75) is 32.6 Å². The second-order valence-electron chi connectivity index (χ2n) is 6.95. The van der Waals surface area contributed by atoms with Crippen LogP contribution in [0, 0.1) is 11.8 Å². The number of aromatic amines is 1. The number of ether oxygens (including phenoxy) is 1. The van der Waals surface area contributed by atoms with Gasteiger partial charge in [0.1, 0.15) is 0 Å². The molecule has 136 valence electrons. The third kappa shape index (κ3) is 4.10. The minimum Gasteiger partial charge on any atom is -0.378 e. The van der Waals surface area contributed by atoms with Crippen LogP contribution in [0.5, 0.6) is 0 Å². The molecule has 7 heteroatoms. The van der Waals surface area contributed by atoms with Crippen LogP contribution in [0.15, 0.2) is 18.2 Å². The Morgan fingerprint density at radius 3 is 2.56 bits per heavy atom. The van der Waals surface area contributed by atoms with Gasteiger partial charge in [0, 0.05) is 24.8 Å². The molecule has 1 aliphatic heterocycles. The van der Waals surface area contributed by atoms with Gasteiger partial charge in [0.2, 0.25) is 11.8 Å². The largest absolute Gasteiger partial charge is 0.378 e. The third-order valence-corrected chi connectivity index (χ3v) is 4.88. The summed E-state index contributed by atoms with van der Waals surface area (Å²) in [4.78, 5) is 27.4. The molecule has 7 nitrogen and oxygen atoms in total. The Hall–Kier alpha value is -2.15. The molecule has 1 aromatic rings. The third-order valence-electron chi connectivity index (χ3n) is 4.88. The fourth-order valence-corrected chi connectivity index (χ4v) is 3.31. The SMILES string of the molecule is CC(C)c1cc(NC(=O)[C@H]2CC=CC[C@H]2C(=O)N2CCOCC2)n[nH]1. The maximum absolute atomic E-state index is 12.8. The minimum absolute atomic E-state index is 0.0534. The summed E-state index contributed by atoms with van der Waals surface area (Å²) in [5, 5.41) is 9.94. The highest BCUT2D eigenvalue weighted by atomic mass is 16.5. The molecule has 0 unspecified atom stereocenters. The van der Waals surface area contributed by atoms with Gasteiger partial charge in [-0.05, 0) is 18.8 Å². The normalized spacial score (nSPS) is 23.7. The topological polar surface area (TPSA) is 87.3 Å². The van der Waals surface area contributed by atoms with Crippen LogP contribution in [0.1, 0.15) is 38.3 Å². The van der Waals surface area contributed by atoms with E-state index in [1.54, 1.807) is 0 Å². The van der Waals surface area contributed by atoms with Crippen molar-refractivity contribution in [3.05, 3.63) is 23.9 Å². The average molecular weight is 346 g/mol. The second kappa shape index (κ2) is 7.82. The van der Waals surface area contributed by atoms with Gasteiger partial charge < -0.3 is 15.0 Å². The van der Waals surface area contributed by atoms with Crippen LogP contribution in [0.25, 0.3) is 0 Å². The molecule has 0 saturated carbocycles. The predicted octanol–water partition coefficient (Wildman–Crippen LogP) is 1.91. The summed E-state index contributed by atoms with van der Waals surface area (Å²) in [6.07, 6.45) is 5.16. The first-order valence-electron chi connectivity index (χ1n) is 8.94. The smallest absolute Gasteiger partial charge is 0.229 e. The van der Waals surface area contributed by atoms with E-state index in [2.05, 4.69) is 29.4 Å². The number of carbonyl (C=O) groups excluding carboxylic acids is 2. The highest BCUT2D eigenvalue weighted by Crippen LogP contribution is 2.29. The zero-order chi connectivity index (χ0) is 17.8. The number of anilines is 1. The van der Waals surface area contributed by atoms with Gasteiger partial charge in [-0.15, -0.1) is 0 Å². The summed E-state index contributed by atoms with van der Waals surface area (Å²) >= 11 is 0. The van der Waals surface area contributed by atoms with Gasteiger partial charge in [-0.2, -0.15) is 5.10 Å². The molecular weight excluding hydrogens is 320 g/mol. The number of rotatable bonds is 4. The summed E-state index contributed by atoms with van der Waals surface area (Å²) in [5.74, 6) is 0.0638. The van der Waals surface area contributed by atoms with E-state index in [4.69, 9.17) is 4.74 Å². The summed E-state index contributed by atoms with van der Waals surface area (Å²) in [5.41, 5.74) is 0.972. The van der Waals surface area contributed by atoms with E-state index >= 15 is 0 Å².